The molecule has 2 N–H and O–H groups in total. The molecular weight excluding hydrogens is 469 g/mol. The lowest BCUT2D eigenvalue weighted by molar-refractivity contribution is -0.113. The molecule has 0 aliphatic carbocycles. The molecule has 1 heterocycles. The highest BCUT2D eigenvalue weighted by Crippen LogP contribution is 2.32. The van der Waals surface area contributed by atoms with Crippen LogP contribution < -0.4 is 10.6 Å². The first-order valence-electron chi connectivity index (χ1n) is 10.4. The summed E-state index contributed by atoms with van der Waals surface area (Å²) in [6.07, 6.45) is 0. The van der Waals surface area contributed by atoms with Crippen molar-refractivity contribution in [2.45, 2.75) is 4.34 Å². The van der Waals surface area contributed by atoms with E-state index in [1.807, 2.05) is 60.7 Å². The van der Waals surface area contributed by atoms with Gasteiger partial charge in [-0.05, 0) is 47.2 Å². The number of rotatable bonds is 6. The summed E-state index contributed by atoms with van der Waals surface area (Å²) in [5, 5.41) is 7.44. The Kier molecular flexibility index (Phi) is 6.24. The van der Waals surface area contributed by atoms with Crippen LogP contribution in [0.5, 0.6) is 0 Å². The third-order valence-electron chi connectivity index (χ3n) is 5.14. The van der Waals surface area contributed by atoms with E-state index in [-0.39, 0.29) is 23.3 Å². The number of thiazole rings is 1. The molecule has 1 aromatic heterocycles. The standard InChI is InChI=1S/C26H18FN3O2S2/c27-20-10-3-4-11-21(20)29-24(31)15-33-26-30-22-13-12-17(14-23(22)34-26)28-25(32)19-9-5-7-16-6-1-2-8-18(16)19/h1-14H,15H2,(H,28,32)(H,29,31). The van der Waals surface area contributed by atoms with Gasteiger partial charge >= 0.3 is 0 Å². The third-order valence-corrected chi connectivity index (χ3v) is 7.30. The minimum Gasteiger partial charge on any atom is -0.323 e. The molecule has 0 unspecified atom stereocenters. The van der Waals surface area contributed by atoms with E-state index in [4.69, 9.17) is 0 Å². The third kappa shape index (κ3) is 4.78. The number of carbonyl (C=O) groups excluding carboxylic acids is 2. The average Bonchev–Trinajstić information content (AvgIpc) is 3.26. The summed E-state index contributed by atoms with van der Waals surface area (Å²) in [5.41, 5.74) is 2.22. The second kappa shape index (κ2) is 9.62. The van der Waals surface area contributed by atoms with Crippen molar-refractivity contribution in [1.29, 1.82) is 0 Å². The van der Waals surface area contributed by atoms with Crippen molar-refractivity contribution in [3.05, 3.63) is 96.3 Å². The summed E-state index contributed by atoms with van der Waals surface area (Å²) in [5.74, 6) is -0.852. The number of nitrogens with zero attached hydrogens (tertiary/aromatic N) is 1. The Morgan fingerprint density at radius 3 is 2.59 bits per heavy atom. The molecule has 5 aromatic rings. The lowest BCUT2D eigenvalue weighted by atomic mass is 10.0. The molecule has 0 fully saturated rings. The van der Waals surface area contributed by atoms with Crippen molar-refractivity contribution in [3.8, 4) is 0 Å². The van der Waals surface area contributed by atoms with Gasteiger partial charge in [-0.3, -0.25) is 9.59 Å². The van der Waals surface area contributed by atoms with E-state index in [2.05, 4.69) is 15.6 Å². The summed E-state index contributed by atoms with van der Waals surface area (Å²) in [6, 6.07) is 25.0. The van der Waals surface area contributed by atoms with Gasteiger partial charge in [-0.15, -0.1) is 11.3 Å². The van der Waals surface area contributed by atoms with Crippen molar-refractivity contribution in [2.75, 3.05) is 16.4 Å². The number of thioether (sulfide) groups is 1. The van der Waals surface area contributed by atoms with Gasteiger partial charge in [0.05, 0.1) is 21.7 Å². The largest absolute Gasteiger partial charge is 0.323 e. The maximum absolute atomic E-state index is 13.7. The number of carbonyl (C=O) groups is 2. The van der Waals surface area contributed by atoms with E-state index in [1.54, 1.807) is 12.1 Å². The van der Waals surface area contributed by atoms with Crippen LogP contribution in [0.4, 0.5) is 15.8 Å². The number of para-hydroxylation sites is 1. The second-order valence-electron chi connectivity index (χ2n) is 7.46. The molecule has 168 valence electrons. The lowest BCUT2D eigenvalue weighted by Gasteiger charge is -2.08. The Morgan fingerprint density at radius 1 is 0.912 bits per heavy atom. The molecule has 34 heavy (non-hydrogen) atoms. The molecule has 0 saturated heterocycles. The summed E-state index contributed by atoms with van der Waals surface area (Å²) < 4.78 is 15.3. The van der Waals surface area contributed by atoms with Gasteiger partial charge in [-0.2, -0.15) is 0 Å². The van der Waals surface area contributed by atoms with Crippen LogP contribution in [0.25, 0.3) is 21.0 Å². The quantitative estimate of drug-likeness (QED) is 0.266. The number of fused-ring (bicyclic) bond motifs is 2. The number of hydrogen-bond acceptors (Lipinski definition) is 5. The molecule has 0 radical (unpaired) electrons. The summed E-state index contributed by atoms with van der Waals surface area (Å²) in [4.78, 5) is 29.7. The molecule has 5 rings (SSSR count). The molecule has 0 atom stereocenters. The maximum Gasteiger partial charge on any atom is 0.256 e. The van der Waals surface area contributed by atoms with Gasteiger partial charge in [-0.1, -0.05) is 60.3 Å². The van der Waals surface area contributed by atoms with Crippen molar-refractivity contribution in [3.63, 3.8) is 0 Å². The highest BCUT2D eigenvalue weighted by Gasteiger charge is 2.13. The zero-order chi connectivity index (χ0) is 23.5. The fourth-order valence-corrected chi connectivity index (χ4v) is 5.45. The van der Waals surface area contributed by atoms with Crippen molar-refractivity contribution >= 4 is 67.3 Å². The molecule has 0 bridgehead atoms. The van der Waals surface area contributed by atoms with Gasteiger partial charge < -0.3 is 10.6 Å². The first-order valence-corrected chi connectivity index (χ1v) is 12.2. The summed E-state index contributed by atoms with van der Waals surface area (Å²) >= 11 is 2.72. The fraction of sp³-hybridized carbons (Fsp3) is 0.0385. The maximum atomic E-state index is 13.7. The summed E-state index contributed by atoms with van der Waals surface area (Å²) in [6.45, 7) is 0. The Morgan fingerprint density at radius 2 is 1.71 bits per heavy atom. The minimum absolute atomic E-state index is 0.110. The van der Waals surface area contributed by atoms with Crippen LogP contribution in [0.15, 0.2) is 89.3 Å². The average molecular weight is 488 g/mol. The highest BCUT2D eigenvalue weighted by molar-refractivity contribution is 8.01. The van der Waals surface area contributed by atoms with Crippen LogP contribution in [-0.2, 0) is 4.79 Å². The highest BCUT2D eigenvalue weighted by atomic mass is 32.2. The Balaban J connectivity index is 1.27. The molecule has 2 amide bonds. The minimum atomic E-state index is -0.473. The molecule has 4 aromatic carbocycles. The van der Waals surface area contributed by atoms with Crippen LogP contribution in [0.2, 0.25) is 0 Å². The number of aromatic nitrogens is 1. The molecule has 8 heteroatoms. The van der Waals surface area contributed by atoms with E-state index in [9.17, 15) is 14.0 Å². The fourth-order valence-electron chi connectivity index (χ4n) is 3.54. The number of halogens is 1. The van der Waals surface area contributed by atoms with Crippen molar-refractivity contribution in [1.82, 2.24) is 4.98 Å². The van der Waals surface area contributed by atoms with Crippen LogP contribution in [0.3, 0.4) is 0 Å². The first kappa shape index (κ1) is 22.1. The van der Waals surface area contributed by atoms with Gasteiger partial charge in [0, 0.05) is 11.3 Å². The monoisotopic (exact) mass is 487 g/mol. The predicted octanol–water partition coefficient (Wildman–Crippen LogP) is 6.57. The van der Waals surface area contributed by atoms with Crippen molar-refractivity contribution in [2.24, 2.45) is 0 Å². The number of anilines is 2. The van der Waals surface area contributed by atoms with E-state index in [1.165, 1.54) is 35.2 Å². The molecule has 0 aliphatic heterocycles. The number of nitrogens with one attached hydrogen (secondary N) is 2. The summed E-state index contributed by atoms with van der Waals surface area (Å²) in [7, 11) is 0. The number of benzene rings is 4. The van der Waals surface area contributed by atoms with E-state index >= 15 is 0 Å². The first-order chi connectivity index (χ1) is 16.6. The molecule has 0 spiro atoms. The topological polar surface area (TPSA) is 71.1 Å². The van der Waals surface area contributed by atoms with E-state index < -0.39 is 5.82 Å². The Bertz CT molecular complexity index is 1530. The van der Waals surface area contributed by atoms with Gasteiger partial charge in [0.1, 0.15) is 5.82 Å². The van der Waals surface area contributed by atoms with Gasteiger partial charge in [-0.25, -0.2) is 9.37 Å². The molecule has 5 nitrogen and oxygen atoms in total. The Labute approximate surface area is 203 Å². The van der Waals surface area contributed by atoms with E-state index in [0.29, 0.717) is 11.3 Å². The van der Waals surface area contributed by atoms with E-state index in [0.717, 1.165) is 25.3 Å². The zero-order valence-electron chi connectivity index (χ0n) is 17.7. The second-order valence-corrected chi connectivity index (χ2v) is 9.71. The van der Waals surface area contributed by atoms with Crippen LogP contribution in [-0.4, -0.2) is 22.6 Å². The normalized spacial score (nSPS) is 11.0. The SMILES string of the molecule is O=C(CSc1nc2ccc(NC(=O)c3cccc4ccccc34)cc2s1)Nc1ccccc1F. The predicted molar refractivity (Wildman–Crippen MR) is 137 cm³/mol. The van der Waals surface area contributed by atoms with Gasteiger partial charge in [0.25, 0.3) is 5.91 Å². The lowest BCUT2D eigenvalue weighted by Crippen LogP contribution is -2.14. The van der Waals surface area contributed by atoms with Gasteiger partial charge in [0.15, 0.2) is 4.34 Å². The molecule has 0 saturated carbocycles. The van der Waals surface area contributed by atoms with Crippen molar-refractivity contribution < 1.29 is 14.0 Å². The van der Waals surface area contributed by atoms with Crippen LogP contribution >= 0.6 is 23.1 Å². The zero-order valence-corrected chi connectivity index (χ0v) is 19.4. The smallest absolute Gasteiger partial charge is 0.256 e. The number of amides is 2. The van der Waals surface area contributed by atoms with Gasteiger partial charge in [0.2, 0.25) is 5.91 Å². The van der Waals surface area contributed by atoms with Crippen LogP contribution in [0.1, 0.15) is 10.4 Å². The Hall–Kier alpha value is -3.75. The molecular formula is C26H18FN3O2S2. The van der Waals surface area contributed by atoms with Crippen LogP contribution in [0, 0.1) is 5.82 Å². The molecule has 0 aliphatic rings. The number of hydrogen-bond donors (Lipinski definition) is 2.